The van der Waals surface area contributed by atoms with Crippen LogP contribution in [0.5, 0.6) is 0 Å². The second-order valence-electron chi connectivity index (χ2n) is 9.18. The van der Waals surface area contributed by atoms with Crippen LogP contribution in [0.3, 0.4) is 0 Å². The summed E-state index contributed by atoms with van der Waals surface area (Å²) in [5, 5.41) is 12.2. The Morgan fingerprint density at radius 1 is 1.33 bits per heavy atom. The Morgan fingerprint density at radius 2 is 2.11 bits per heavy atom. The van der Waals surface area contributed by atoms with E-state index in [-0.39, 0.29) is 12.3 Å². The number of carbonyl (C=O) groups is 3. The molecule has 1 aromatic carbocycles. The number of aliphatic hydroxyl groups is 1. The molecule has 2 atom stereocenters. The smallest absolute Gasteiger partial charge is 0.267 e. The number of hydrazine groups is 1. The van der Waals surface area contributed by atoms with Crippen molar-refractivity contribution < 1.29 is 19.5 Å². The van der Waals surface area contributed by atoms with Gasteiger partial charge in [0.2, 0.25) is 17.4 Å². The second kappa shape index (κ2) is 9.97. The number of hydrogen-bond donors (Lipinski definition) is 3. The van der Waals surface area contributed by atoms with Crippen molar-refractivity contribution in [2.45, 2.75) is 44.4 Å². The number of nitrogens with one attached hydrogen (secondary N) is 1. The molecular weight excluding hydrogens is 460 g/mol. The largest absolute Gasteiger partial charge is 0.369 e. The maximum atomic E-state index is 12.2. The molecule has 0 bridgehead atoms. The van der Waals surface area contributed by atoms with Gasteiger partial charge in [0.15, 0.2) is 0 Å². The molecule has 1 aromatic heterocycles. The van der Waals surface area contributed by atoms with Crippen molar-refractivity contribution in [3.05, 3.63) is 53.2 Å². The molecule has 2 aromatic rings. The number of aromatic nitrogens is 1. The standard InChI is InChI=1S/C26H30N6O4/c1-4-5-22(33)31(3)16-18-6-7-20-19(14-18)23(24(27)34)29-32(20)21-15-17(9-12-28-21)8-10-26(36)11-13-30(2)25(26)35/h6-7,9,12,14-15,23,29,36H,4-5,11,13,16H2,1-3H3,(H2,27,34)/t23?,26-/m0/s1. The highest BCUT2D eigenvalue weighted by atomic mass is 16.3. The molecule has 36 heavy (non-hydrogen) atoms. The highest BCUT2D eigenvalue weighted by molar-refractivity contribution is 5.90. The highest BCUT2D eigenvalue weighted by Crippen LogP contribution is 2.37. The number of carbonyl (C=O) groups excluding carboxylic acids is 3. The quantitative estimate of drug-likeness (QED) is 0.514. The molecule has 0 spiro atoms. The lowest BCUT2D eigenvalue weighted by atomic mass is 10.0. The summed E-state index contributed by atoms with van der Waals surface area (Å²) in [5.41, 5.74) is 9.89. The van der Waals surface area contributed by atoms with Crippen molar-refractivity contribution >= 4 is 29.2 Å². The van der Waals surface area contributed by atoms with E-state index in [9.17, 15) is 19.5 Å². The monoisotopic (exact) mass is 490 g/mol. The summed E-state index contributed by atoms with van der Waals surface area (Å²) in [5.74, 6) is 5.15. The number of nitrogens with zero attached hydrogens (tertiary/aromatic N) is 4. The molecule has 188 valence electrons. The Balaban J connectivity index is 1.61. The van der Waals surface area contributed by atoms with Gasteiger partial charge in [0.1, 0.15) is 11.9 Å². The number of likely N-dealkylation sites (N-methyl/N-ethyl adjacent to an activating group) is 1. The topological polar surface area (TPSA) is 132 Å². The third-order valence-corrected chi connectivity index (χ3v) is 6.39. The minimum atomic E-state index is -1.70. The van der Waals surface area contributed by atoms with Gasteiger partial charge in [0, 0.05) is 57.4 Å². The molecule has 0 saturated carbocycles. The van der Waals surface area contributed by atoms with Gasteiger partial charge in [0.25, 0.3) is 5.91 Å². The lowest BCUT2D eigenvalue weighted by Gasteiger charge is -2.20. The Labute approximate surface area is 210 Å². The van der Waals surface area contributed by atoms with Crippen LogP contribution in [-0.4, -0.2) is 63.9 Å². The van der Waals surface area contributed by atoms with Crippen LogP contribution in [0.4, 0.5) is 11.5 Å². The van der Waals surface area contributed by atoms with Crippen LogP contribution in [0.1, 0.15) is 48.9 Å². The molecule has 1 fully saturated rings. The molecule has 4 rings (SSSR count). The first-order valence-electron chi connectivity index (χ1n) is 11.8. The number of likely N-dealkylation sites (tertiary alicyclic amines) is 1. The third kappa shape index (κ3) is 4.89. The fourth-order valence-corrected chi connectivity index (χ4v) is 4.34. The van der Waals surface area contributed by atoms with Gasteiger partial charge in [-0.3, -0.25) is 19.4 Å². The van der Waals surface area contributed by atoms with Crippen molar-refractivity contribution in [3.8, 4) is 11.8 Å². The second-order valence-corrected chi connectivity index (χ2v) is 9.18. The first-order chi connectivity index (χ1) is 17.1. The molecule has 10 nitrogen and oxygen atoms in total. The SMILES string of the molecule is CCCC(=O)N(C)Cc1ccc2c(c1)C(C(N)=O)NN2c1cc(C#C[C@]2(O)CCN(C)C2=O)ccn1. The van der Waals surface area contributed by atoms with E-state index in [0.717, 1.165) is 12.0 Å². The Hall–Kier alpha value is -3.94. The lowest BCUT2D eigenvalue weighted by molar-refractivity contribution is -0.137. The van der Waals surface area contributed by atoms with Crippen molar-refractivity contribution in [2.75, 3.05) is 25.6 Å². The lowest BCUT2D eigenvalue weighted by Crippen LogP contribution is -2.37. The van der Waals surface area contributed by atoms with Gasteiger partial charge in [-0.1, -0.05) is 24.8 Å². The molecule has 0 aliphatic carbocycles. The van der Waals surface area contributed by atoms with Gasteiger partial charge in [-0.15, -0.1) is 0 Å². The highest BCUT2D eigenvalue weighted by Gasteiger charge is 2.42. The van der Waals surface area contributed by atoms with Gasteiger partial charge in [-0.05, 0) is 36.2 Å². The first-order valence-corrected chi connectivity index (χ1v) is 11.8. The molecule has 3 amide bonds. The van der Waals surface area contributed by atoms with Gasteiger partial charge >= 0.3 is 0 Å². The van der Waals surface area contributed by atoms with Gasteiger partial charge < -0.3 is 20.6 Å². The van der Waals surface area contributed by atoms with Crippen LogP contribution < -0.4 is 16.2 Å². The van der Waals surface area contributed by atoms with Crippen LogP contribution in [0.2, 0.25) is 0 Å². The average Bonchev–Trinajstić information content (AvgIpc) is 3.36. The molecule has 2 aliphatic heterocycles. The Morgan fingerprint density at radius 3 is 2.78 bits per heavy atom. The van der Waals surface area contributed by atoms with Crippen molar-refractivity contribution in [1.29, 1.82) is 0 Å². The predicted molar refractivity (Wildman–Crippen MR) is 133 cm³/mol. The fourth-order valence-electron chi connectivity index (χ4n) is 4.34. The van der Waals surface area contributed by atoms with Crippen LogP contribution in [0, 0.1) is 11.8 Å². The summed E-state index contributed by atoms with van der Waals surface area (Å²) in [6, 6.07) is 8.22. The summed E-state index contributed by atoms with van der Waals surface area (Å²) in [4.78, 5) is 44.2. The summed E-state index contributed by atoms with van der Waals surface area (Å²) in [6.07, 6.45) is 3.07. The number of rotatable bonds is 6. The van der Waals surface area contributed by atoms with E-state index in [0.29, 0.717) is 42.1 Å². The molecule has 1 unspecified atom stereocenters. The molecule has 2 aliphatic rings. The summed E-state index contributed by atoms with van der Waals surface area (Å²) < 4.78 is 0. The molecule has 10 heteroatoms. The molecule has 1 saturated heterocycles. The zero-order valence-corrected chi connectivity index (χ0v) is 20.6. The van der Waals surface area contributed by atoms with E-state index in [1.54, 1.807) is 42.3 Å². The number of anilines is 2. The number of amides is 3. The number of nitrogens with two attached hydrogens (primary N) is 1. The summed E-state index contributed by atoms with van der Waals surface area (Å²) in [7, 11) is 3.39. The van der Waals surface area contributed by atoms with Crippen LogP contribution >= 0.6 is 0 Å². The number of fused-ring (bicyclic) bond motifs is 1. The molecule has 4 N–H and O–H groups in total. The average molecular weight is 491 g/mol. The molecule has 3 heterocycles. The molecular formula is C26H30N6O4. The maximum absolute atomic E-state index is 12.2. The minimum Gasteiger partial charge on any atom is -0.369 e. The van der Waals surface area contributed by atoms with Gasteiger partial charge in [-0.2, -0.15) is 0 Å². The number of hydrogen-bond acceptors (Lipinski definition) is 7. The third-order valence-electron chi connectivity index (χ3n) is 6.39. The van der Waals surface area contributed by atoms with E-state index >= 15 is 0 Å². The minimum absolute atomic E-state index is 0.0573. The zero-order valence-electron chi connectivity index (χ0n) is 20.6. The fraction of sp³-hybridized carbons (Fsp3) is 0.385. The number of benzene rings is 1. The van der Waals surface area contributed by atoms with Crippen molar-refractivity contribution in [3.63, 3.8) is 0 Å². The first kappa shape index (κ1) is 25.2. The number of pyridine rings is 1. The predicted octanol–water partition coefficient (Wildman–Crippen LogP) is 0.968. The molecule has 0 radical (unpaired) electrons. The zero-order chi connectivity index (χ0) is 26.0. The normalized spacial score (nSPS) is 20.7. The van der Waals surface area contributed by atoms with E-state index in [4.69, 9.17) is 5.73 Å². The summed E-state index contributed by atoms with van der Waals surface area (Å²) in [6.45, 7) is 2.82. The summed E-state index contributed by atoms with van der Waals surface area (Å²) >= 11 is 0. The van der Waals surface area contributed by atoms with Crippen molar-refractivity contribution in [1.82, 2.24) is 20.2 Å². The van der Waals surface area contributed by atoms with Gasteiger partial charge in [0.05, 0.1) is 5.69 Å². The van der Waals surface area contributed by atoms with Gasteiger partial charge in [-0.25, -0.2) is 10.4 Å². The Bertz CT molecular complexity index is 1270. The van der Waals surface area contributed by atoms with E-state index in [1.807, 2.05) is 25.1 Å². The van der Waals surface area contributed by atoms with Crippen LogP contribution in [0.15, 0.2) is 36.5 Å². The van der Waals surface area contributed by atoms with E-state index in [2.05, 4.69) is 22.3 Å². The van der Waals surface area contributed by atoms with E-state index < -0.39 is 23.5 Å². The van der Waals surface area contributed by atoms with Crippen molar-refractivity contribution in [2.24, 2.45) is 5.73 Å². The van der Waals surface area contributed by atoms with Crippen LogP contribution in [0.25, 0.3) is 0 Å². The Kier molecular flexibility index (Phi) is 6.97. The number of primary amides is 1. The van der Waals surface area contributed by atoms with Crippen LogP contribution in [-0.2, 0) is 20.9 Å². The van der Waals surface area contributed by atoms with E-state index in [1.165, 1.54) is 4.90 Å². The maximum Gasteiger partial charge on any atom is 0.267 e.